The van der Waals surface area contributed by atoms with Gasteiger partial charge in [0.15, 0.2) is 0 Å². The third kappa shape index (κ3) is 1.82. The number of aliphatic hydroxyl groups is 3. The fraction of sp³-hybridized carbons (Fsp3) is 0.958. The minimum absolute atomic E-state index is 0.0173. The van der Waals surface area contributed by atoms with Gasteiger partial charge in [0.2, 0.25) is 5.91 Å². The standard InChI is InChI=1S/C24H37NO7/c1-6-25-19-23-12-9-11-13(30-3)10-22(28,15(12)16(11)32-5)24(19,29)18(26)17(23)21(2,20(25)27)8-7-14(23)31-4/h11-19,26,28-29H,6-10H2,1-5H3/t11-,12-,13+,14+,15-,16+,17-,18+,19+,21-,22-,23+,24-/m1/s1. The van der Waals surface area contributed by atoms with Crippen LogP contribution in [0.5, 0.6) is 0 Å². The molecule has 1 spiro atoms. The summed E-state index contributed by atoms with van der Waals surface area (Å²) < 4.78 is 18.0. The number of likely N-dealkylation sites (tertiary alicyclic amines) is 1. The molecule has 1 saturated heterocycles. The van der Waals surface area contributed by atoms with Gasteiger partial charge in [-0.2, -0.15) is 0 Å². The number of aliphatic hydroxyl groups excluding tert-OH is 1. The Balaban J connectivity index is 1.69. The fourth-order valence-electron chi connectivity index (χ4n) is 10.5. The van der Waals surface area contributed by atoms with E-state index in [9.17, 15) is 20.1 Å². The topological polar surface area (TPSA) is 109 Å². The Bertz CT molecular complexity index is 854. The van der Waals surface area contributed by atoms with Crippen molar-refractivity contribution < 1.29 is 34.3 Å². The summed E-state index contributed by atoms with van der Waals surface area (Å²) in [6.07, 6.45) is 0.255. The second-order valence-electron chi connectivity index (χ2n) is 11.6. The molecule has 8 heteroatoms. The molecule has 3 N–H and O–H groups in total. The molecule has 5 saturated carbocycles. The molecule has 6 fully saturated rings. The zero-order valence-corrected chi connectivity index (χ0v) is 19.7. The van der Waals surface area contributed by atoms with Crippen LogP contribution < -0.4 is 0 Å². The highest BCUT2D eigenvalue weighted by atomic mass is 16.5. The van der Waals surface area contributed by atoms with Crippen molar-refractivity contribution >= 4 is 5.91 Å². The Morgan fingerprint density at radius 2 is 1.88 bits per heavy atom. The van der Waals surface area contributed by atoms with E-state index in [1.54, 1.807) is 26.2 Å². The molecule has 32 heavy (non-hydrogen) atoms. The quantitative estimate of drug-likeness (QED) is 0.559. The lowest BCUT2D eigenvalue weighted by Gasteiger charge is -2.69. The molecular weight excluding hydrogens is 414 g/mol. The SMILES string of the molecule is CCN1C(=O)[C@]2(C)CC[C@H](OC)[C@@]34[C@@H]5C[C@H]6[C@H](OC)[C@@H]5[C@](O)(C[C@@H]6OC)[C@@](O)([C@@H](O)[C@@H]32)[C@@H]14. The molecule has 6 rings (SSSR count). The van der Waals surface area contributed by atoms with Gasteiger partial charge in [-0.1, -0.05) is 6.92 Å². The highest BCUT2D eigenvalue weighted by molar-refractivity contribution is 5.86. The number of likely N-dealkylation sites (N-methyl/N-ethyl adjacent to an activating group) is 1. The third-order valence-electron chi connectivity index (χ3n) is 11.2. The monoisotopic (exact) mass is 451 g/mol. The van der Waals surface area contributed by atoms with Crippen LogP contribution in [-0.2, 0) is 19.0 Å². The van der Waals surface area contributed by atoms with Gasteiger partial charge in [-0.05, 0) is 32.1 Å². The zero-order valence-electron chi connectivity index (χ0n) is 19.7. The first-order valence-electron chi connectivity index (χ1n) is 12.2. The number of carbonyl (C=O) groups is 1. The first-order valence-corrected chi connectivity index (χ1v) is 12.2. The third-order valence-corrected chi connectivity index (χ3v) is 11.2. The van der Waals surface area contributed by atoms with Gasteiger partial charge in [-0.25, -0.2) is 0 Å². The minimum Gasteiger partial charge on any atom is -0.390 e. The number of rotatable bonds is 4. The van der Waals surface area contributed by atoms with Crippen LogP contribution >= 0.6 is 0 Å². The number of fused-ring (bicyclic) bond motifs is 2. The van der Waals surface area contributed by atoms with E-state index in [1.165, 1.54) is 0 Å². The summed E-state index contributed by atoms with van der Waals surface area (Å²) >= 11 is 0. The molecule has 180 valence electrons. The van der Waals surface area contributed by atoms with Gasteiger partial charge in [0.05, 0.1) is 35.9 Å². The van der Waals surface area contributed by atoms with Gasteiger partial charge in [-0.15, -0.1) is 0 Å². The van der Waals surface area contributed by atoms with Crippen molar-refractivity contribution in [1.29, 1.82) is 0 Å². The summed E-state index contributed by atoms with van der Waals surface area (Å²) in [5, 5.41) is 37.0. The Labute approximate surface area is 189 Å². The molecule has 1 heterocycles. The maximum Gasteiger partial charge on any atom is 0.229 e. The molecule has 0 unspecified atom stereocenters. The van der Waals surface area contributed by atoms with Crippen LogP contribution in [0.4, 0.5) is 0 Å². The van der Waals surface area contributed by atoms with Crippen molar-refractivity contribution in [3.05, 3.63) is 0 Å². The molecule has 0 aromatic rings. The predicted molar refractivity (Wildman–Crippen MR) is 112 cm³/mol. The van der Waals surface area contributed by atoms with E-state index in [4.69, 9.17) is 14.2 Å². The number of ether oxygens (including phenoxy) is 3. The van der Waals surface area contributed by atoms with Gasteiger partial charge < -0.3 is 34.4 Å². The number of amides is 1. The average Bonchev–Trinajstić information content (AvgIpc) is 3.19. The van der Waals surface area contributed by atoms with Gasteiger partial charge in [0, 0.05) is 57.5 Å². The van der Waals surface area contributed by atoms with Crippen LogP contribution in [0.25, 0.3) is 0 Å². The van der Waals surface area contributed by atoms with Crippen LogP contribution in [0, 0.1) is 34.5 Å². The molecule has 0 radical (unpaired) electrons. The molecule has 8 nitrogen and oxygen atoms in total. The normalized spacial score (nSPS) is 61.9. The molecule has 5 aliphatic carbocycles. The minimum atomic E-state index is -1.88. The number of hydrogen-bond acceptors (Lipinski definition) is 7. The number of piperidine rings is 1. The van der Waals surface area contributed by atoms with Crippen molar-refractivity contribution in [3.8, 4) is 0 Å². The highest BCUT2D eigenvalue weighted by Gasteiger charge is 2.92. The summed E-state index contributed by atoms with van der Waals surface area (Å²) in [4.78, 5) is 15.6. The lowest BCUT2D eigenvalue weighted by atomic mass is 9.42. The second-order valence-corrected chi connectivity index (χ2v) is 11.6. The predicted octanol–water partition coefficient (Wildman–Crippen LogP) is 0.171. The van der Waals surface area contributed by atoms with Crippen molar-refractivity contribution in [2.24, 2.45) is 34.5 Å². The number of carbonyl (C=O) groups excluding carboxylic acids is 1. The van der Waals surface area contributed by atoms with Crippen LogP contribution in [0.1, 0.15) is 39.5 Å². The molecule has 0 aromatic heterocycles. The summed E-state index contributed by atoms with van der Waals surface area (Å²) in [5.41, 5.74) is -4.96. The zero-order chi connectivity index (χ0) is 23.0. The van der Waals surface area contributed by atoms with Crippen LogP contribution in [0.3, 0.4) is 0 Å². The van der Waals surface area contributed by atoms with Crippen LogP contribution in [0.15, 0.2) is 0 Å². The van der Waals surface area contributed by atoms with E-state index in [0.29, 0.717) is 19.4 Å². The summed E-state index contributed by atoms with van der Waals surface area (Å²) in [7, 11) is 5.00. The van der Waals surface area contributed by atoms with Crippen LogP contribution in [0.2, 0.25) is 0 Å². The van der Waals surface area contributed by atoms with E-state index in [2.05, 4.69) is 0 Å². The lowest BCUT2D eigenvalue weighted by molar-refractivity contribution is -0.312. The smallest absolute Gasteiger partial charge is 0.229 e. The largest absolute Gasteiger partial charge is 0.390 e. The first kappa shape index (κ1) is 21.7. The Kier molecular flexibility index (Phi) is 4.25. The second kappa shape index (κ2) is 6.26. The molecule has 1 amide bonds. The molecule has 7 bridgehead atoms. The van der Waals surface area contributed by atoms with Crippen molar-refractivity contribution in [3.63, 3.8) is 0 Å². The fourth-order valence-corrected chi connectivity index (χ4v) is 10.5. The maximum atomic E-state index is 13.8. The Morgan fingerprint density at radius 3 is 2.47 bits per heavy atom. The molecular formula is C24H37NO7. The number of hydrogen-bond donors (Lipinski definition) is 3. The summed E-state index contributed by atoms with van der Waals surface area (Å²) in [5.74, 6) is -0.808. The van der Waals surface area contributed by atoms with E-state index < -0.39 is 40.1 Å². The maximum absolute atomic E-state index is 13.8. The van der Waals surface area contributed by atoms with Gasteiger partial charge in [0.1, 0.15) is 11.2 Å². The van der Waals surface area contributed by atoms with Gasteiger partial charge >= 0.3 is 0 Å². The molecule has 6 aliphatic rings. The summed E-state index contributed by atoms with van der Waals surface area (Å²) in [6, 6.07) is -0.705. The van der Waals surface area contributed by atoms with E-state index >= 15 is 0 Å². The van der Waals surface area contributed by atoms with Crippen molar-refractivity contribution in [2.75, 3.05) is 27.9 Å². The van der Waals surface area contributed by atoms with Crippen molar-refractivity contribution in [1.82, 2.24) is 4.90 Å². The highest BCUT2D eigenvalue weighted by Crippen LogP contribution is 2.80. The molecule has 0 aromatic carbocycles. The van der Waals surface area contributed by atoms with E-state index in [0.717, 1.165) is 6.42 Å². The van der Waals surface area contributed by atoms with Crippen molar-refractivity contribution in [2.45, 2.75) is 81.2 Å². The average molecular weight is 452 g/mol. The lowest BCUT2D eigenvalue weighted by Crippen LogP contribution is -2.82. The van der Waals surface area contributed by atoms with Gasteiger partial charge in [-0.3, -0.25) is 4.79 Å². The molecule has 1 aliphatic heterocycles. The van der Waals surface area contributed by atoms with Crippen LogP contribution in [-0.4, -0.2) is 95.7 Å². The Hall–Kier alpha value is -0.770. The van der Waals surface area contributed by atoms with E-state index in [1.807, 2.05) is 13.8 Å². The number of nitrogens with zero attached hydrogens (tertiary/aromatic N) is 1. The van der Waals surface area contributed by atoms with Gasteiger partial charge in [0.25, 0.3) is 0 Å². The summed E-state index contributed by atoms with van der Waals surface area (Å²) in [6.45, 7) is 4.29. The van der Waals surface area contributed by atoms with E-state index in [-0.39, 0.29) is 48.4 Å². The Morgan fingerprint density at radius 1 is 1.16 bits per heavy atom. The molecule has 13 atom stereocenters. The first-order chi connectivity index (χ1) is 15.1. The number of methoxy groups -OCH3 is 3.